The van der Waals surface area contributed by atoms with Gasteiger partial charge in [-0.05, 0) is 26.0 Å². The lowest BCUT2D eigenvalue weighted by Crippen LogP contribution is -2.17. The van der Waals surface area contributed by atoms with Gasteiger partial charge in [-0.25, -0.2) is 4.98 Å². The highest BCUT2D eigenvalue weighted by molar-refractivity contribution is 6.13. The largest absolute Gasteiger partial charge is 0.437 e. The van der Waals surface area contributed by atoms with Gasteiger partial charge in [0, 0.05) is 30.1 Å². The Kier molecular flexibility index (Phi) is 6.21. The van der Waals surface area contributed by atoms with Crippen molar-refractivity contribution in [3.05, 3.63) is 70.9 Å². The van der Waals surface area contributed by atoms with Gasteiger partial charge in [0.1, 0.15) is 6.54 Å². The number of nitrogens with zero attached hydrogens (tertiary/aromatic N) is 7. The molecule has 4 heterocycles. The number of halogens is 3. The lowest BCUT2D eigenvalue weighted by molar-refractivity contribution is -0.140. The average molecular weight is 525 g/mol. The van der Waals surface area contributed by atoms with Crippen LogP contribution in [0.5, 0.6) is 0 Å². The third-order valence-electron chi connectivity index (χ3n) is 6.29. The second-order valence-corrected chi connectivity index (χ2v) is 8.72. The minimum Gasteiger partial charge on any atom is -0.339 e. The molecule has 0 aliphatic carbocycles. The molecule has 0 radical (unpaired) electrons. The maximum Gasteiger partial charge on any atom is 0.437 e. The summed E-state index contributed by atoms with van der Waals surface area (Å²) in [7, 11) is 1.78. The lowest BCUT2D eigenvalue weighted by atomic mass is 10.0. The normalized spacial score (nSPS) is 11.9. The molecule has 13 heteroatoms. The first kappa shape index (κ1) is 25.1. The molecule has 0 bridgehead atoms. The Bertz CT molecular complexity index is 1670. The fourth-order valence-corrected chi connectivity index (χ4v) is 4.11. The summed E-state index contributed by atoms with van der Waals surface area (Å²) in [5, 5.41) is 14.7. The summed E-state index contributed by atoms with van der Waals surface area (Å²) in [6.07, 6.45) is -2.70. The minimum atomic E-state index is -4.82. The van der Waals surface area contributed by atoms with E-state index in [4.69, 9.17) is 4.52 Å². The number of rotatable bonds is 6. The number of hydrogen-bond donors (Lipinski definition) is 1. The van der Waals surface area contributed by atoms with Crippen molar-refractivity contribution in [2.75, 3.05) is 5.32 Å². The fraction of sp³-hybridized carbons (Fsp3) is 0.280. The molecule has 0 unspecified atom stereocenters. The number of alkyl halides is 3. The second kappa shape index (κ2) is 9.39. The van der Waals surface area contributed by atoms with E-state index in [2.05, 4.69) is 30.6 Å². The molecule has 0 aliphatic rings. The molecule has 0 atom stereocenters. The third-order valence-corrected chi connectivity index (χ3v) is 6.29. The number of hydrogen-bond acceptors (Lipinski definition) is 7. The number of fused-ring (bicyclic) bond motifs is 1. The summed E-state index contributed by atoms with van der Waals surface area (Å²) in [5.41, 5.74) is 1.13. The predicted molar refractivity (Wildman–Crippen MR) is 131 cm³/mol. The van der Waals surface area contributed by atoms with Gasteiger partial charge in [0.15, 0.2) is 11.5 Å². The fourth-order valence-electron chi connectivity index (χ4n) is 4.11. The van der Waals surface area contributed by atoms with Gasteiger partial charge < -0.3 is 9.84 Å². The number of pyridine rings is 1. The van der Waals surface area contributed by atoms with Crippen LogP contribution in [-0.2, 0) is 26.2 Å². The highest BCUT2D eigenvalue weighted by atomic mass is 19.4. The van der Waals surface area contributed by atoms with Crippen LogP contribution in [0.3, 0.4) is 0 Å². The number of aryl methyl sites for hydroxylation is 2. The number of para-hydroxylation sites is 1. The topological polar surface area (TPSA) is 117 Å². The Morgan fingerprint density at radius 1 is 1.13 bits per heavy atom. The van der Waals surface area contributed by atoms with E-state index < -0.39 is 23.5 Å². The van der Waals surface area contributed by atoms with E-state index in [1.807, 2.05) is 13.8 Å². The van der Waals surface area contributed by atoms with Gasteiger partial charge in [0.25, 0.3) is 5.91 Å². The molecule has 0 saturated carbocycles. The van der Waals surface area contributed by atoms with Crippen LogP contribution in [0, 0.1) is 13.8 Å². The molecular weight excluding hydrogens is 501 g/mol. The Balaban J connectivity index is 1.57. The standard InChI is InChI=1S/C25H23F3N8O2/c1-5-21-31-20(34-38-21)12-36-14(3)22(23(33-36)25(26,27)28)32-24(37)16-10-19(17-11-29-35(4)13(17)2)30-18-9-7-6-8-15(16)18/h6-11H,5,12H2,1-4H3,(H,32,37). The van der Waals surface area contributed by atoms with Crippen molar-refractivity contribution in [2.24, 2.45) is 7.05 Å². The van der Waals surface area contributed by atoms with Crippen molar-refractivity contribution in [1.82, 2.24) is 34.7 Å². The van der Waals surface area contributed by atoms with Gasteiger partial charge in [0.05, 0.1) is 34.4 Å². The van der Waals surface area contributed by atoms with Crippen molar-refractivity contribution in [1.29, 1.82) is 0 Å². The summed E-state index contributed by atoms with van der Waals surface area (Å²) in [5.74, 6) is -0.193. The number of carbonyl (C=O) groups excluding carboxylic acids is 1. The SMILES string of the molecule is CCc1nc(Cn2nc(C(F)(F)F)c(NC(=O)c3cc(-c4cnn(C)c4C)nc4ccccc34)c2C)no1. The van der Waals surface area contributed by atoms with E-state index in [0.29, 0.717) is 34.5 Å². The molecule has 5 rings (SSSR count). The molecule has 10 nitrogen and oxygen atoms in total. The number of amides is 1. The summed E-state index contributed by atoms with van der Waals surface area (Å²) in [6, 6.07) is 8.49. The first-order chi connectivity index (χ1) is 18.1. The zero-order valence-corrected chi connectivity index (χ0v) is 21.0. The van der Waals surface area contributed by atoms with Crippen LogP contribution in [0.15, 0.2) is 41.1 Å². The Morgan fingerprint density at radius 3 is 2.55 bits per heavy atom. The molecule has 38 heavy (non-hydrogen) atoms. The summed E-state index contributed by atoms with van der Waals surface area (Å²) in [4.78, 5) is 22.3. The number of carbonyl (C=O) groups is 1. The molecule has 0 saturated heterocycles. The van der Waals surface area contributed by atoms with Gasteiger partial charge in [0.2, 0.25) is 5.89 Å². The Labute approximate surface area is 214 Å². The summed E-state index contributed by atoms with van der Waals surface area (Å²) < 4.78 is 49.8. The minimum absolute atomic E-state index is 0.0928. The van der Waals surface area contributed by atoms with Crippen molar-refractivity contribution in [2.45, 2.75) is 39.9 Å². The predicted octanol–water partition coefficient (Wildman–Crippen LogP) is 4.71. The van der Waals surface area contributed by atoms with Crippen LogP contribution < -0.4 is 5.32 Å². The molecule has 0 aliphatic heterocycles. The van der Waals surface area contributed by atoms with Crippen molar-refractivity contribution in [3.8, 4) is 11.3 Å². The monoisotopic (exact) mass is 524 g/mol. The van der Waals surface area contributed by atoms with Crippen molar-refractivity contribution < 1.29 is 22.5 Å². The second-order valence-electron chi connectivity index (χ2n) is 8.72. The molecule has 1 amide bonds. The highest BCUT2D eigenvalue weighted by Gasteiger charge is 2.39. The summed E-state index contributed by atoms with van der Waals surface area (Å²) in [6.45, 7) is 4.96. The van der Waals surface area contributed by atoms with Crippen LogP contribution in [0.4, 0.5) is 18.9 Å². The van der Waals surface area contributed by atoms with E-state index in [1.54, 1.807) is 48.3 Å². The zero-order valence-electron chi connectivity index (χ0n) is 21.0. The van der Waals surface area contributed by atoms with Gasteiger partial charge >= 0.3 is 6.18 Å². The van der Waals surface area contributed by atoms with Gasteiger partial charge in [-0.2, -0.15) is 28.4 Å². The number of anilines is 1. The molecule has 5 aromatic rings. The number of benzene rings is 1. The highest BCUT2D eigenvalue weighted by Crippen LogP contribution is 2.37. The van der Waals surface area contributed by atoms with E-state index in [9.17, 15) is 18.0 Å². The van der Waals surface area contributed by atoms with Gasteiger partial charge in [-0.15, -0.1) is 0 Å². The zero-order chi connectivity index (χ0) is 27.2. The van der Waals surface area contributed by atoms with Crippen LogP contribution in [0.2, 0.25) is 0 Å². The molecule has 1 N–H and O–H groups in total. The molecule has 4 aromatic heterocycles. The number of aromatic nitrogens is 7. The van der Waals surface area contributed by atoms with Gasteiger partial charge in [-0.1, -0.05) is 30.3 Å². The molecule has 1 aromatic carbocycles. The van der Waals surface area contributed by atoms with Crippen molar-refractivity contribution >= 4 is 22.5 Å². The van der Waals surface area contributed by atoms with Gasteiger partial charge in [-0.3, -0.25) is 14.2 Å². The molecule has 0 spiro atoms. The third kappa shape index (κ3) is 4.51. The number of nitrogens with one attached hydrogen (secondary N) is 1. The van der Waals surface area contributed by atoms with Crippen LogP contribution in [0.25, 0.3) is 22.2 Å². The van der Waals surface area contributed by atoms with E-state index in [-0.39, 0.29) is 23.6 Å². The maximum absolute atomic E-state index is 14.0. The first-order valence-corrected chi connectivity index (χ1v) is 11.7. The Hall–Kier alpha value is -4.55. The van der Waals surface area contributed by atoms with E-state index in [0.717, 1.165) is 10.4 Å². The first-order valence-electron chi connectivity index (χ1n) is 11.7. The van der Waals surface area contributed by atoms with E-state index in [1.165, 1.54) is 6.92 Å². The smallest absolute Gasteiger partial charge is 0.339 e. The summed E-state index contributed by atoms with van der Waals surface area (Å²) >= 11 is 0. The van der Waals surface area contributed by atoms with E-state index >= 15 is 0 Å². The average Bonchev–Trinajstić information content (AvgIpc) is 3.57. The maximum atomic E-state index is 14.0. The molecule has 196 valence electrons. The van der Waals surface area contributed by atoms with Crippen molar-refractivity contribution in [3.63, 3.8) is 0 Å². The lowest BCUT2D eigenvalue weighted by Gasteiger charge is -2.12. The molecule has 0 fully saturated rings. The van der Waals surface area contributed by atoms with Crippen LogP contribution in [0.1, 0.15) is 46.1 Å². The Morgan fingerprint density at radius 2 is 1.89 bits per heavy atom. The van der Waals surface area contributed by atoms with Crippen LogP contribution in [-0.4, -0.2) is 40.6 Å². The van der Waals surface area contributed by atoms with Crippen LogP contribution >= 0.6 is 0 Å². The molecular formula is C25H23F3N8O2. The quantitative estimate of drug-likeness (QED) is 0.342.